The second kappa shape index (κ2) is 6.94. The molecule has 112 valence electrons. The van der Waals surface area contributed by atoms with E-state index in [1.807, 2.05) is 32.0 Å². The normalized spacial score (nSPS) is 12.1. The number of hydrogen-bond acceptors (Lipinski definition) is 5. The molecule has 0 saturated carbocycles. The van der Waals surface area contributed by atoms with Crippen molar-refractivity contribution in [2.24, 2.45) is 11.7 Å². The average molecular weight is 288 g/mol. The number of tetrazole rings is 1. The average Bonchev–Trinajstić information content (AvgIpc) is 2.98. The zero-order valence-corrected chi connectivity index (χ0v) is 12.3. The fourth-order valence-corrected chi connectivity index (χ4v) is 2.08. The predicted octanol–water partition coefficient (Wildman–Crippen LogP) is 1.28. The Morgan fingerprint density at radius 2 is 2.29 bits per heavy atom. The maximum Gasteiger partial charge on any atom is 0.227 e. The maximum absolute atomic E-state index is 12.1. The van der Waals surface area contributed by atoms with Crippen LogP contribution >= 0.6 is 0 Å². The standard InChI is InChI=1S/C14H20N6O/c1-10(4-3-7-15)14(21)17-12-5-6-13(11(2)8-12)20-9-16-18-19-20/h5-6,8-10H,3-4,7,15H2,1-2H3,(H,17,21). The molecule has 1 amide bonds. The molecule has 1 aromatic heterocycles. The van der Waals surface area contributed by atoms with E-state index >= 15 is 0 Å². The lowest BCUT2D eigenvalue weighted by Crippen LogP contribution is -2.21. The molecule has 0 spiro atoms. The Morgan fingerprint density at radius 3 is 2.90 bits per heavy atom. The number of rotatable bonds is 6. The number of nitrogens with zero attached hydrogens (tertiary/aromatic N) is 4. The summed E-state index contributed by atoms with van der Waals surface area (Å²) in [6.45, 7) is 4.47. The molecular weight excluding hydrogens is 268 g/mol. The number of anilines is 1. The van der Waals surface area contributed by atoms with E-state index in [0.717, 1.165) is 29.8 Å². The highest BCUT2D eigenvalue weighted by Crippen LogP contribution is 2.19. The Morgan fingerprint density at radius 1 is 1.48 bits per heavy atom. The Balaban J connectivity index is 2.05. The van der Waals surface area contributed by atoms with Crippen molar-refractivity contribution in [2.45, 2.75) is 26.7 Å². The zero-order chi connectivity index (χ0) is 15.2. The number of carbonyl (C=O) groups excluding carboxylic acids is 1. The number of carbonyl (C=O) groups is 1. The van der Waals surface area contributed by atoms with Gasteiger partial charge in [0, 0.05) is 11.6 Å². The molecule has 1 unspecified atom stereocenters. The summed E-state index contributed by atoms with van der Waals surface area (Å²) in [5.74, 6) is -0.0360. The lowest BCUT2D eigenvalue weighted by molar-refractivity contribution is -0.119. The number of hydrogen-bond donors (Lipinski definition) is 2. The van der Waals surface area contributed by atoms with Crippen LogP contribution < -0.4 is 11.1 Å². The van der Waals surface area contributed by atoms with Crippen molar-refractivity contribution in [3.05, 3.63) is 30.1 Å². The molecule has 7 heteroatoms. The molecule has 1 atom stereocenters. The molecule has 0 aliphatic rings. The minimum atomic E-state index is -0.0481. The van der Waals surface area contributed by atoms with Gasteiger partial charge in [-0.3, -0.25) is 4.79 Å². The molecule has 0 radical (unpaired) electrons. The van der Waals surface area contributed by atoms with Gasteiger partial charge in [0.1, 0.15) is 6.33 Å². The first-order valence-electron chi connectivity index (χ1n) is 6.96. The lowest BCUT2D eigenvalue weighted by atomic mass is 10.0. The van der Waals surface area contributed by atoms with E-state index in [0.29, 0.717) is 6.54 Å². The summed E-state index contributed by atoms with van der Waals surface area (Å²) < 4.78 is 1.59. The third-order valence-electron chi connectivity index (χ3n) is 3.35. The van der Waals surface area contributed by atoms with Crippen LogP contribution in [-0.2, 0) is 4.79 Å². The van der Waals surface area contributed by atoms with E-state index in [2.05, 4.69) is 20.8 Å². The molecule has 3 N–H and O–H groups in total. The first-order chi connectivity index (χ1) is 10.1. The van der Waals surface area contributed by atoms with E-state index in [9.17, 15) is 4.79 Å². The van der Waals surface area contributed by atoms with Crippen LogP contribution in [0, 0.1) is 12.8 Å². The smallest absolute Gasteiger partial charge is 0.227 e. The van der Waals surface area contributed by atoms with Crippen molar-refractivity contribution in [2.75, 3.05) is 11.9 Å². The summed E-state index contributed by atoms with van der Waals surface area (Å²) in [6, 6.07) is 5.63. The third kappa shape index (κ3) is 3.85. The molecule has 0 saturated heterocycles. The topological polar surface area (TPSA) is 98.7 Å². The summed E-state index contributed by atoms with van der Waals surface area (Å²) in [5, 5.41) is 14.0. The zero-order valence-electron chi connectivity index (χ0n) is 12.3. The van der Waals surface area contributed by atoms with Gasteiger partial charge in [-0.05, 0) is 60.5 Å². The first kappa shape index (κ1) is 15.1. The van der Waals surface area contributed by atoms with Crippen LogP contribution in [0.15, 0.2) is 24.5 Å². The molecule has 7 nitrogen and oxygen atoms in total. The van der Waals surface area contributed by atoms with E-state index in [4.69, 9.17) is 5.73 Å². The van der Waals surface area contributed by atoms with Crippen molar-refractivity contribution in [3.63, 3.8) is 0 Å². The van der Waals surface area contributed by atoms with Gasteiger partial charge < -0.3 is 11.1 Å². The van der Waals surface area contributed by atoms with Crippen LogP contribution in [0.2, 0.25) is 0 Å². The minimum absolute atomic E-state index is 0.0121. The van der Waals surface area contributed by atoms with Gasteiger partial charge in [-0.25, -0.2) is 4.68 Å². The van der Waals surface area contributed by atoms with E-state index < -0.39 is 0 Å². The number of benzene rings is 1. The van der Waals surface area contributed by atoms with Gasteiger partial charge in [0.15, 0.2) is 0 Å². The number of aryl methyl sites for hydroxylation is 1. The fraction of sp³-hybridized carbons (Fsp3) is 0.429. The van der Waals surface area contributed by atoms with Crippen LogP contribution in [0.25, 0.3) is 5.69 Å². The van der Waals surface area contributed by atoms with Gasteiger partial charge in [-0.15, -0.1) is 5.10 Å². The molecule has 1 heterocycles. The van der Waals surface area contributed by atoms with Gasteiger partial charge in [0.2, 0.25) is 5.91 Å². The Labute approximate surface area is 123 Å². The molecule has 2 aromatic rings. The molecule has 1 aromatic carbocycles. The van der Waals surface area contributed by atoms with Crippen molar-refractivity contribution in [3.8, 4) is 5.69 Å². The second-order valence-electron chi connectivity index (χ2n) is 5.08. The third-order valence-corrected chi connectivity index (χ3v) is 3.35. The maximum atomic E-state index is 12.1. The van der Waals surface area contributed by atoms with E-state index in [-0.39, 0.29) is 11.8 Å². The van der Waals surface area contributed by atoms with E-state index in [1.54, 1.807) is 4.68 Å². The Kier molecular flexibility index (Phi) is 4.99. The van der Waals surface area contributed by atoms with Gasteiger partial charge in [-0.2, -0.15) is 0 Å². The van der Waals surface area contributed by atoms with Gasteiger partial charge in [0.25, 0.3) is 0 Å². The molecular formula is C14H20N6O. The van der Waals surface area contributed by atoms with Crippen LogP contribution in [0.5, 0.6) is 0 Å². The van der Waals surface area contributed by atoms with Crippen molar-refractivity contribution >= 4 is 11.6 Å². The highest BCUT2D eigenvalue weighted by molar-refractivity contribution is 5.92. The fourth-order valence-electron chi connectivity index (χ4n) is 2.08. The van der Waals surface area contributed by atoms with Crippen LogP contribution in [0.1, 0.15) is 25.3 Å². The second-order valence-corrected chi connectivity index (χ2v) is 5.08. The predicted molar refractivity (Wildman–Crippen MR) is 80.0 cm³/mol. The van der Waals surface area contributed by atoms with Crippen molar-refractivity contribution in [1.29, 1.82) is 0 Å². The van der Waals surface area contributed by atoms with Crippen LogP contribution in [0.3, 0.4) is 0 Å². The molecule has 0 aliphatic heterocycles. The number of aromatic nitrogens is 4. The largest absolute Gasteiger partial charge is 0.330 e. The van der Waals surface area contributed by atoms with Crippen molar-refractivity contribution in [1.82, 2.24) is 20.2 Å². The summed E-state index contributed by atoms with van der Waals surface area (Å²) >= 11 is 0. The summed E-state index contributed by atoms with van der Waals surface area (Å²) in [4.78, 5) is 12.1. The minimum Gasteiger partial charge on any atom is -0.330 e. The Bertz CT molecular complexity index is 596. The van der Waals surface area contributed by atoms with Gasteiger partial charge in [-0.1, -0.05) is 6.92 Å². The monoisotopic (exact) mass is 288 g/mol. The van der Waals surface area contributed by atoms with E-state index in [1.165, 1.54) is 6.33 Å². The van der Waals surface area contributed by atoms with Crippen LogP contribution in [0.4, 0.5) is 5.69 Å². The number of amides is 1. The number of nitrogens with two attached hydrogens (primary N) is 1. The first-order valence-corrected chi connectivity index (χ1v) is 6.96. The van der Waals surface area contributed by atoms with Crippen LogP contribution in [-0.4, -0.2) is 32.7 Å². The van der Waals surface area contributed by atoms with Crippen molar-refractivity contribution < 1.29 is 4.79 Å². The highest BCUT2D eigenvalue weighted by Gasteiger charge is 2.13. The molecule has 0 aliphatic carbocycles. The SMILES string of the molecule is Cc1cc(NC(=O)C(C)CCCN)ccc1-n1cnnn1. The molecule has 0 bridgehead atoms. The van der Waals surface area contributed by atoms with Gasteiger partial charge >= 0.3 is 0 Å². The summed E-state index contributed by atoms with van der Waals surface area (Å²) in [5.41, 5.74) is 8.10. The Hall–Kier alpha value is -2.28. The summed E-state index contributed by atoms with van der Waals surface area (Å²) in [6.07, 6.45) is 3.19. The highest BCUT2D eigenvalue weighted by atomic mass is 16.1. The molecule has 2 rings (SSSR count). The molecule has 0 fully saturated rings. The summed E-state index contributed by atoms with van der Waals surface area (Å²) in [7, 11) is 0. The molecule has 21 heavy (non-hydrogen) atoms. The lowest BCUT2D eigenvalue weighted by Gasteiger charge is -2.13. The number of nitrogens with one attached hydrogen (secondary N) is 1. The quantitative estimate of drug-likeness (QED) is 0.834. The van der Waals surface area contributed by atoms with Gasteiger partial charge in [0.05, 0.1) is 5.69 Å².